The van der Waals surface area contributed by atoms with Crippen LogP contribution in [0.25, 0.3) is 0 Å². The Labute approximate surface area is 106 Å². The fraction of sp³-hybridized carbons (Fsp3) is 0.500. The molecule has 0 saturated heterocycles. The Morgan fingerprint density at radius 1 is 1.33 bits per heavy atom. The largest absolute Gasteiger partial charge is 0.497 e. The first-order chi connectivity index (χ1) is 8.61. The molecule has 98 valence electrons. The van der Waals surface area contributed by atoms with Crippen LogP contribution in [0.5, 0.6) is 5.75 Å². The molecule has 0 aromatic heterocycles. The van der Waals surface area contributed by atoms with Crippen molar-refractivity contribution in [2.24, 2.45) is 0 Å². The summed E-state index contributed by atoms with van der Waals surface area (Å²) in [6, 6.07) is 6.95. The first-order valence-electron chi connectivity index (χ1n) is 6.17. The van der Waals surface area contributed by atoms with Crippen molar-refractivity contribution in [1.29, 1.82) is 0 Å². The van der Waals surface area contributed by atoms with Crippen LogP contribution >= 0.6 is 0 Å². The van der Waals surface area contributed by atoms with Crippen molar-refractivity contribution in [3.05, 3.63) is 29.8 Å². The van der Waals surface area contributed by atoms with E-state index in [9.17, 15) is 15.0 Å². The van der Waals surface area contributed by atoms with Crippen molar-refractivity contribution >= 4 is 5.97 Å². The number of aliphatic carboxylic acids is 1. The zero-order valence-corrected chi connectivity index (χ0v) is 10.4. The molecule has 0 heterocycles. The van der Waals surface area contributed by atoms with Gasteiger partial charge in [-0.15, -0.1) is 0 Å². The van der Waals surface area contributed by atoms with Crippen molar-refractivity contribution in [2.75, 3.05) is 7.11 Å². The van der Waals surface area contributed by atoms with Gasteiger partial charge in [-0.2, -0.15) is 0 Å². The molecule has 2 N–H and O–H groups in total. The van der Waals surface area contributed by atoms with Crippen LogP contribution in [0, 0.1) is 0 Å². The highest BCUT2D eigenvalue weighted by Gasteiger charge is 2.48. The smallest absolute Gasteiger partial charge is 0.316 e. The fourth-order valence-electron chi connectivity index (χ4n) is 2.75. The number of aliphatic hydroxyl groups excluding tert-OH is 1. The van der Waals surface area contributed by atoms with E-state index in [-0.39, 0.29) is 0 Å². The SMILES string of the molecule is COc1ccc([C@@]2(C(=O)O)CCCC[C@@H]2O)cc1. The second-order valence-corrected chi connectivity index (χ2v) is 4.77. The van der Waals surface area contributed by atoms with E-state index in [0.717, 1.165) is 12.8 Å². The van der Waals surface area contributed by atoms with Gasteiger partial charge in [-0.1, -0.05) is 25.0 Å². The molecule has 4 heteroatoms. The number of hydrogen-bond acceptors (Lipinski definition) is 3. The molecule has 0 unspecified atom stereocenters. The topological polar surface area (TPSA) is 66.8 Å². The fourth-order valence-corrected chi connectivity index (χ4v) is 2.75. The molecular formula is C14H18O4. The van der Waals surface area contributed by atoms with Gasteiger partial charge in [0.2, 0.25) is 0 Å². The summed E-state index contributed by atoms with van der Waals surface area (Å²) in [6.45, 7) is 0. The number of methoxy groups -OCH3 is 1. The maximum atomic E-state index is 11.7. The Hall–Kier alpha value is -1.55. The van der Waals surface area contributed by atoms with Crippen LogP contribution in [0.1, 0.15) is 31.2 Å². The third-order valence-corrected chi connectivity index (χ3v) is 3.85. The van der Waals surface area contributed by atoms with E-state index in [1.807, 2.05) is 0 Å². The highest BCUT2D eigenvalue weighted by Crippen LogP contribution is 2.40. The molecule has 1 saturated carbocycles. The Balaban J connectivity index is 2.42. The summed E-state index contributed by atoms with van der Waals surface area (Å²) < 4.78 is 5.07. The minimum absolute atomic E-state index is 0.482. The van der Waals surface area contributed by atoms with Gasteiger partial charge in [0.1, 0.15) is 11.2 Å². The maximum absolute atomic E-state index is 11.7. The molecule has 1 fully saturated rings. The van der Waals surface area contributed by atoms with Gasteiger partial charge >= 0.3 is 5.97 Å². The lowest BCUT2D eigenvalue weighted by atomic mass is 9.67. The van der Waals surface area contributed by atoms with Crippen LogP contribution in [0.4, 0.5) is 0 Å². The number of aliphatic hydroxyl groups is 1. The monoisotopic (exact) mass is 250 g/mol. The molecule has 0 bridgehead atoms. The van der Waals surface area contributed by atoms with E-state index < -0.39 is 17.5 Å². The summed E-state index contributed by atoms with van der Waals surface area (Å²) in [7, 11) is 1.57. The number of hydrogen-bond donors (Lipinski definition) is 2. The van der Waals surface area contributed by atoms with E-state index in [4.69, 9.17) is 4.74 Å². The Bertz CT molecular complexity index is 426. The quantitative estimate of drug-likeness (QED) is 0.860. The predicted octanol–water partition coefficient (Wildman–Crippen LogP) is 1.95. The van der Waals surface area contributed by atoms with Gasteiger partial charge in [0, 0.05) is 0 Å². The van der Waals surface area contributed by atoms with E-state index in [1.165, 1.54) is 0 Å². The summed E-state index contributed by atoms with van der Waals surface area (Å²) in [5.74, 6) is -0.260. The summed E-state index contributed by atoms with van der Waals surface area (Å²) in [4.78, 5) is 11.7. The lowest BCUT2D eigenvalue weighted by Crippen LogP contribution is -2.48. The maximum Gasteiger partial charge on any atom is 0.316 e. The molecule has 1 aliphatic rings. The molecule has 0 aliphatic heterocycles. The standard InChI is InChI=1S/C14H18O4/c1-18-11-7-5-10(6-8-11)14(13(16)17)9-3-2-4-12(14)15/h5-8,12,15H,2-4,9H2,1H3,(H,16,17)/t12-,14-/m0/s1. The third-order valence-electron chi connectivity index (χ3n) is 3.85. The van der Waals surface area contributed by atoms with Crippen LogP contribution in [0.3, 0.4) is 0 Å². The molecule has 1 aromatic carbocycles. The summed E-state index contributed by atoms with van der Waals surface area (Å²) in [5.41, 5.74) is -0.507. The molecule has 2 rings (SSSR count). The normalized spacial score (nSPS) is 27.8. The summed E-state index contributed by atoms with van der Waals surface area (Å²) in [6.07, 6.45) is 1.91. The number of carboxylic acids is 1. The molecule has 0 spiro atoms. The average Bonchev–Trinajstić information content (AvgIpc) is 2.39. The molecule has 1 aliphatic carbocycles. The number of rotatable bonds is 3. The highest BCUT2D eigenvalue weighted by molar-refractivity contribution is 5.82. The third kappa shape index (κ3) is 1.97. The van der Waals surface area contributed by atoms with Gasteiger partial charge in [0.15, 0.2) is 0 Å². The molecule has 18 heavy (non-hydrogen) atoms. The van der Waals surface area contributed by atoms with Crippen LogP contribution < -0.4 is 4.74 Å². The first kappa shape index (κ1) is 12.9. The second kappa shape index (κ2) is 4.98. The average molecular weight is 250 g/mol. The summed E-state index contributed by atoms with van der Waals surface area (Å²) >= 11 is 0. The van der Waals surface area contributed by atoms with Gasteiger partial charge in [0.25, 0.3) is 0 Å². The molecule has 1 aromatic rings. The van der Waals surface area contributed by atoms with Gasteiger partial charge in [-0.05, 0) is 30.5 Å². The van der Waals surface area contributed by atoms with Crippen molar-refractivity contribution in [3.8, 4) is 5.75 Å². The lowest BCUT2D eigenvalue weighted by molar-refractivity contribution is -0.151. The molecular weight excluding hydrogens is 232 g/mol. The lowest BCUT2D eigenvalue weighted by Gasteiger charge is -2.38. The van der Waals surface area contributed by atoms with Crippen molar-refractivity contribution < 1.29 is 19.7 Å². The molecule has 0 amide bonds. The predicted molar refractivity (Wildman–Crippen MR) is 66.8 cm³/mol. The molecule has 4 nitrogen and oxygen atoms in total. The summed E-state index contributed by atoms with van der Waals surface area (Å²) in [5, 5.41) is 19.7. The van der Waals surface area contributed by atoms with Crippen LogP contribution in [0.15, 0.2) is 24.3 Å². The zero-order chi connectivity index (χ0) is 13.2. The van der Waals surface area contributed by atoms with Gasteiger partial charge in [-0.25, -0.2) is 0 Å². The Morgan fingerprint density at radius 3 is 2.50 bits per heavy atom. The van der Waals surface area contributed by atoms with Gasteiger partial charge in [0.05, 0.1) is 13.2 Å². The number of ether oxygens (including phenoxy) is 1. The number of carboxylic acid groups (broad SMARTS) is 1. The van der Waals surface area contributed by atoms with E-state index in [0.29, 0.717) is 24.2 Å². The number of benzene rings is 1. The Morgan fingerprint density at radius 2 is 2.00 bits per heavy atom. The minimum atomic E-state index is -1.16. The van der Waals surface area contributed by atoms with Gasteiger partial charge < -0.3 is 14.9 Å². The minimum Gasteiger partial charge on any atom is -0.497 e. The second-order valence-electron chi connectivity index (χ2n) is 4.77. The number of carbonyl (C=O) groups is 1. The molecule has 2 atom stereocenters. The van der Waals surface area contributed by atoms with Crippen LogP contribution in [0.2, 0.25) is 0 Å². The van der Waals surface area contributed by atoms with Crippen LogP contribution in [-0.2, 0) is 10.2 Å². The van der Waals surface area contributed by atoms with Gasteiger partial charge in [-0.3, -0.25) is 4.79 Å². The van der Waals surface area contributed by atoms with Crippen molar-refractivity contribution in [1.82, 2.24) is 0 Å². The highest BCUT2D eigenvalue weighted by atomic mass is 16.5. The Kier molecular flexibility index (Phi) is 3.57. The van der Waals surface area contributed by atoms with E-state index in [1.54, 1.807) is 31.4 Å². The zero-order valence-electron chi connectivity index (χ0n) is 10.4. The van der Waals surface area contributed by atoms with E-state index >= 15 is 0 Å². The van der Waals surface area contributed by atoms with Crippen molar-refractivity contribution in [3.63, 3.8) is 0 Å². The first-order valence-corrected chi connectivity index (χ1v) is 6.17. The van der Waals surface area contributed by atoms with Crippen molar-refractivity contribution in [2.45, 2.75) is 37.2 Å². The molecule has 0 radical (unpaired) electrons. The van der Waals surface area contributed by atoms with Crippen LogP contribution in [-0.4, -0.2) is 29.4 Å². The van der Waals surface area contributed by atoms with E-state index in [2.05, 4.69) is 0 Å².